The summed E-state index contributed by atoms with van der Waals surface area (Å²) < 4.78 is 36.0. The van der Waals surface area contributed by atoms with E-state index in [1.165, 1.54) is 12.3 Å². The number of nitrogens with zero attached hydrogens (tertiary/aromatic N) is 5. The van der Waals surface area contributed by atoms with E-state index in [4.69, 9.17) is 4.74 Å². The molecule has 1 aliphatic carbocycles. The number of benzene rings is 1. The highest BCUT2D eigenvalue weighted by Crippen LogP contribution is 2.41. The standard InChI is InChI=1S/C23H26N6O4S/c1-3-22(30)26-16-7-9-33-23(12-16,21-6-8-28(2)27-21)29-19-10-15(13-24)11-20(18(19)14-25-29)34(31,32)17-4-5-17/h6,8,10-11,14,16-17H,3-5,7,9,12H2,1-2H3,(H,26,30). The Morgan fingerprint density at radius 2 is 2.15 bits per heavy atom. The molecule has 3 heterocycles. The van der Waals surface area contributed by atoms with E-state index in [0.29, 0.717) is 55.3 Å². The number of carbonyl (C=O) groups excluding carboxylic acids is 1. The van der Waals surface area contributed by atoms with Crippen LogP contribution in [-0.4, -0.2) is 51.8 Å². The molecule has 1 saturated carbocycles. The summed E-state index contributed by atoms with van der Waals surface area (Å²) >= 11 is 0. The van der Waals surface area contributed by atoms with E-state index in [1.54, 1.807) is 35.6 Å². The van der Waals surface area contributed by atoms with Gasteiger partial charge < -0.3 is 10.1 Å². The van der Waals surface area contributed by atoms with Gasteiger partial charge in [0.05, 0.1) is 40.1 Å². The Bertz CT molecular complexity index is 1410. The molecule has 178 valence electrons. The molecule has 1 aliphatic heterocycles. The van der Waals surface area contributed by atoms with Crippen LogP contribution in [0.1, 0.15) is 50.3 Å². The molecule has 10 nitrogen and oxygen atoms in total. The fraction of sp³-hybridized carbons (Fsp3) is 0.478. The van der Waals surface area contributed by atoms with Gasteiger partial charge in [0.25, 0.3) is 0 Å². The second-order valence-corrected chi connectivity index (χ2v) is 11.1. The predicted molar refractivity (Wildman–Crippen MR) is 122 cm³/mol. The molecule has 2 unspecified atom stereocenters. The van der Waals surface area contributed by atoms with Crippen LogP contribution in [0, 0.1) is 11.3 Å². The lowest BCUT2D eigenvalue weighted by Crippen LogP contribution is -2.51. The minimum absolute atomic E-state index is 0.0586. The van der Waals surface area contributed by atoms with E-state index in [2.05, 4.69) is 21.6 Å². The van der Waals surface area contributed by atoms with Gasteiger partial charge in [-0.05, 0) is 37.5 Å². The maximum atomic E-state index is 13.2. The van der Waals surface area contributed by atoms with Crippen molar-refractivity contribution >= 4 is 26.6 Å². The number of aromatic nitrogens is 4. The van der Waals surface area contributed by atoms with Crippen molar-refractivity contribution in [2.75, 3.05) is 6.61 Å². The average molecular weight is 483 g/mol. The van der Waals surface area contributed by atoms with Crippen molar-refractivity contribution in [3.63, 3.8) is 0 Å². The highest BCUT2D eigenvalue weighted by Gasteiger charge is 2.46. The smallest absolute Gasteiger partial charge is 0.219 e. The number of sulfone groups is 1. The Labute approximate surface area is 197 Å². The molecule has 5 rings (SSSR count). The van der Waals surface area contributed by atoms with Crippen molar-refractivity contribution in [3.05, 3.63) is 41.9 Å². The number of amides is 1. The number of nitrogens with one attached hydrogen (secondary N) is 1. The molecule has 1 aromatic carbocycles. The van der Waals surface area contributed by atoms with Gasteiger partial charge in [0, 0.05) is 37.5 Å². The van der Waals surface area contributed by atoms with Crippen molar-refractivity contribution in [3.8, 4) is 6.07 Å². The van der Waals surface area contributed by atoms with Gasteiger partial charge in [0.1, 0.15) is 5.69 Å². The lowest BCUT2D eigenvalue weighted by Gasteiger charge is -2.40. The Morgan fingerprint density at radius 1 is 1.35 bits per heavy atom. The summed E-state index contributed by atoms with van der Waals surface area (Å²) in [4.78, 5) is 12.3. The van der Waals surface area contributed by atoms with Crippen molar-refractivity contribution < 1.29 is 17.9 Å². The summed E-state index contributed by atoms with van der Waals surface area (Å²) in [7, 11) is -1.78. The van der Waals surface area contributed by atoms with Crippen molar-refractivity contribution in [2.45, 2.75) is 60.9 Å². The summed E-state index contributed by atoms with van der Waals surface area (Å²) in [6.07, 6.45) is 5.91. The Kier molecular flexibility index (Phi) is 5.45. The summed E-state index contributed by atoms with van der Waals surface area (Å²) in [6.45, 7) is 2.14. The van der Waals surface area contributed by atoms with E-state index < -0.39 is 20.8 Å². The zero-order chi connectivity index (χ0) is 24.1. The van der Waals surface area contributed by atoms with Crippen molar-refractivity contribution in [1.82, 2.24) is 24.9 Å². The number of hydrogen-bond donors (Lipinski definition) is 1. The first kappa shape index (κ1) is 22.6. The normalized spacial score (nSPS) is 23.0. The van der Waals surface area contributed by atoms with Crippen LogP contribution in [0.15, 0.2) is 35.5 Å². The number of aryl methyl sites for hydroxylation is 1. The van der Waals surface area contributed by atoms with Gasteiger partial charge >= 0.3 is 0 Å². The topological polar surface area (TPSA) is 132 Å². The molecule has 11 heteroatoms. The van der Waals surface area contributed by atoms with Gasteiger partial charge in [-0.3, -0.25) is 9.48 Å². The van der Waals surface area contributed by atoms with Crippen molar-refractivity contribution in [2.24, 2.45) is 7.05 Å². The number of ether oxygens (including phenoxy) is 1. The summed E-state index contributed by atoms with van der Waals surface area (Å²) in [5, 5.41) is 21.9. The molecule has 2 atom stereocenters. The molecule has 0 spiro atoms. The molecular formula is C23H26N6O4S. The van der Waals surface area contributed by atoms with E-state index >= 15 is 0 Å². The number of carbonyl (C=O) groups is 1. The van der Waals surface area contributed by atoms with E-state index in [0.717, 1.165) is 0 Å². The molecule has 2 fully saturated rings. The second-order valence-electron chi connectivity index (χ2n) is 8.94. The van der Waals surface area contributed by atoms with Gasteiger partial charge in [0.15, 0.2) is 9.84 Å². The van der Waals surface area contributed by atoms with E-state index in [9.17, 15) is 18.5 Å². The number of rotatable bonds is 6. The molecule has 2 aromatic heterocycles. The van der Waals surface area contributed by atoms with E-state index in [-0.39, 0.29) is 22.4 Å². The zero-order valence-corrected chi connectivity index (χ0v) is 19.9. The number of nitriles is 1. The summed E-state index contributed by atoms with van der Waals surface area (Å²) in [5.41, 5.74) is 0.119. The molecule has 1 saturated heterocycles. The second kappa shape index (κ2) is 8.21. The molecule has 1 N–H and O–H groups in total. The Balaban J connectivity index is 1.71. The quantitative estimate of drug-likeness (QED) is 0.568. The van der Waals surface area contributed by atoms with Crippen LogP contribution >= 0.6 is 0 Å². The van der Waals surface area contributed by atoms with Gasteiger partial charge in [0.2, 0.25) is 11.6 Å². The Morgan fingerprint density at radius 3 is 2.79 bits per heavy atom. The fourth-order valence-electron chi connectivity index (χ4n) is 4.62. The van der Waals surface area contributed by atoms with Gasteiger partial charge in [-0.25, -0.2) is 13.1 Å². The first-order valence-electron chi connectivity index (χ1n) is 11.4. The van der Waals surface area contributed by atoms with Crippen molar-refractivity contribution in [1.29, 1.82) is 5.26 Å². The largest absolute Gasteiger partial charge is 0.353 e. The summed E-state index contributed by atoms with van der Waals surface area (Å²) in [6, 6.07) is 6.80. The zero-order valence-electron chi connectivity index (χ0n) is 19.1. The molecule has 34 heavy (non-hydrogen) atoms. The van der Waals surface area contributed by atoms with Gasteiger partial charge in [-0.2, -0.15) is 15.5 Å². The minimum atomic E-state index is -3.57. The lowest BCUT2D eigenvalue weighted by molar-refractivity contribution is -0.133. The highest BCUT2D eigenvalue weighted by atomic mass is 32.2. The fourth-order valence-corrected chi connectivity index (χ4v) is 6.49. The van der Waals surface area contributed by atoms with Crippen LogP contribution in [0.25, 0.3) is 10.9 Å². The van der Waals surface area contributed by atoms with Gasteiger partial charge in [-0.15, -0.1) is 0 Å². The number of fused-ring (bicyclic) bond motifs is 1. The SMILES string of the molecule is CCC(=O)NC1CCOC(c2ccn(C)n2)(n2ncc3c(S(=O)(=O)C4CC4)cc(C#N)cc32)C1. The van der Waals surface area contributed by atoms with Crippen LogP contribution in [-0.2, 0) is 32.1 Å². The lowest BCUT2D eigenvalue weighted by atomic mass is 9.94. The third-order valence-electron chi connectivity index (χ3n) is 6.52. The first-order chi connectivity index (χ1) is 16.3. The third-order valence-corrected chi connectivity index (χ3v) is 8.82. The molecular weight excluding hydrogens is 456 g/mol. The minimum Gasteiger partial charge on any atom is -0.353 e. The number of hydrogen-bond acceptors (Lipinski definition) is 7. The Hall–Kier alpha value is -3.23. The van der Waals surface area contributed by atoms with Crippen LogP contribution in [0.3, 0.4) is 0 Å². The monoisotopic (exact) mass is 482 g/mol. The molecule has 2 aliphatic rings. The average Bonchev–Trinajstić information content (AvgIpc) is 3.47. The molecule has 0 radical (unpaired) electrons. The van der Waals surface area contributed by atoms with Crippen LogP contribution < -0.4 is 5.32 Å². The molecule has 3 aromatic rings. The maximum absolute atomic E-state index is 13.2. The summed E-state index contributed by atoms with van der Waals surface area (Å²) in [5.74, 6) is -0.0586. The third kappa shape index (κ3) is 3.67. The van der Waals surface area contributed by atoms with E-state index in [1.807, 2.05) is 6.07 Å². The van der Waals surface area contributed by atoms with Crippen LogP contribution in [0.5, 0.6) is 0 Å². The van der Waals surface area contributed by atoms with Crippen LogP contribution in [0.4, 0.5) is 0 Å². The highest BCUT2D eigenvalue weighted by molar-refractivity contribution is 7.92. The molecule has 0 bridgehead atoms. The predicted octanol–water partition coefficient (Wildman–Crippen LogP) is 1.98. The first-order valence-corrected chi connectivity index (χ1v) is 12.9. The maximum Gasteiger partial charge on any atom is 0.219 e. The van der Waals surface area contributed by atoms with Crippen LogP contribution in [0.2, 0.25) is 0 Å². The van der Waals surface area contributed by atoms with Gasteiger partial charge in [-0.1, -0.05) is 6.92 Å². The molecule has 1 amide bonds.